The summed E-state index contributed by atoms with van der Waals surface area (Å²) in [5, 5.41) is 3.28. The highest BCUT2D eigenvalue weighted by molar-refractivity contribution is 6.30. The van der Waals surface area contributed by atoms with Crippen LogP contribution in [0.1, 0.15) is 22.3 Å². The van der Waals surface area contributed by atoms with Gasteiger partial charge >= 0.3 is 0 Å². The van der Waals surface area contributed by atoms with Crippen LogP contribution in [0.3, 0.4) is 0 Å². The van der Waals surface area contributed by atoms with Crippen molar-refractivity contribution in [2.75, 3.05) is 13.7 Å². The molecule has 0 aromatic heterocycles. The van der Waals surface area contributed by atoms with Crippen molar-refractivity contribution in [2.45, 2.75) is 32.9 Å². The van der Waals surface area contributed by atoms with Crippen molar-refractivity contribution >= 4 is 23.4 Å². The molecule has 33 heavy (non-hydrogen) atoms. The Kier molecular flexibility index (Phi) is 8.50. The van der Waals surface area contributed by atoms with E-state index in [2.05, 4.69) is 5.32 Å². The molecule has 1 N–H and O–H groups in total. The van der Waals surface area contributed by atoms with E-state index < -0.39 is 6.04 Å². The number of hydrogen-bond donors (Lipinski definition) is 1. The third kappa shape index (κ3) is 6.83. The summed E-state index contributed by atoms with van der Waals surface area (Å²) in [6.07, 6.45) is 0.385. The van der Waals surface area contributed by atoms with E-state index in [1.165, 1.54) is 0 Å². The predicted molar refractivity (Wildman–Crippen MR) is 131 cm³/mol. The van der Waals surface area contributed by atoms with Gasteiger partial charge in [-0.05, 0) is 48.7 Å². The molecule has 172 valence electrons. The first kappa shape index (κ1) is 24.3. The zero-order chi connectivity index (χ0) is 23.8. The molecule has 0 heterocycles. The van der Waals surface area contributed by atoms with Gasteiger partial charge < -0.3 is 15.0 Å². The molecule has 3 rings (SSSR count). The maximum absolute atomic E-state index is 13.4. The van der Waals surface area contributed by atoms with Crippen molar-refractivity contribution in [1.29, 1.82) is 0 Å². The fraction of sp³-hybridized carbons (Fsp3) is 0.259. The van der Waals surface area contributed by atoms with E-state index in [0.717, 1.165) is 22.3 Å². The standard InChI is InChI=1S/C27H29ClN2O3/c1-19-12-13-25(20(2)14-19)33-18-26(31)30(17-22-10-7-11-23(28)15-22)24(27(32)29-3)16-21-8-5-4-6-9-21/h4-15,24H,16-18H2,1-3H3,(H,29,32)/t24-/m0/s1. The molecule has 0 aliphatic heterocycles. The molecule has 0 saturated heterocycles. The van der Waals surface area contributed by atoms with Gasteiger partial charge in [-0.3, -0.25) is 9.59 Å². The second-order valence-electron chi connectivity index (χ2n) is 8.03. The molecular weight excluding hydrogens is 436 g/mol. The number of likely N-dealkylation sites (N-methyl/N-ethyl adjacent to an activating group) is 1. The van der Waals surface area contributed by atoms with Gasteiger partial charge in [0.15, 0.2) is 6.61 Å². The van der Waals surface area contributed by atoms with E-state index in [4.69, 9.17) is 16.3 Å². The minimum Gasteiger partial charge on any atom is -0.483 e. The van der Waals surface area contributed by atoms with Crippen LogP contribution in [0.2, 0.25) is 5.02 Å². The van der Waals surface area contributed by atoms with Crippen LogP contribution in [-0.2, 0) is 22.6 Å². The van der Waals surface area contributed by atoms with Crippen molar-refractivity contribution in [2.24, 2.45) is 0 Å². The van der Waals surface area contributed by atoms with Gasteiger partial charge in [-0.15, -0.1) is 0 Å². The second-order valence-corrected chi connectivity index (χ2v) is 8.47. The zero-order valence-electron chi connectivity index (χ0n) is 19.2. The van der Waals surface area contributed by atoms with Crippen LogP contribution >= 0.6 is 11.6 Å². The van der Waals surface area contributed by atoms with Gasteiger partial charge in [0.05, 0.1) is 0 Å². The molecule has 0 radical (unpaired) electrons. The lowest BCUT2D eigenvalue weighted by Gasteiger charge is -2.31. The minimum absolute atomic E-state index is 0.174. The Balaban J connectivity index is 1.88. The van der Waals surface area contributed by atoms with Crippen LogP contribution in [0.5, 0.6) is 5.75 Å². The van der Waals surface area contributed by atoms with E-state index in [1.807, 2.05) is 74.5 Å². The van der Waals surface area contributed by atoms with Crippen molar-refractivity contribution in [3.63, 3.8) is 0 Å². The molecular formula is C27H29ClN2O3. The molecule has 3 aromatic carbocycles. The number of nitrogens with zero attached hydrogens (tertiary/aromatic N) is 1. The molecule has 0 fully saturated rings. The molecule has 3 aromatic rings. The molecule has 0 bridgehead atoms. The topological polar surface area (TPSA) is 58.6 Å². The quantitative estimate of drug-likeness (QED) is 0.498. The van der Waals surface area contributed by atoms with Crippen LogP contribution in [0.25, 0.3) is 0 Å². The smallest absolute Gasteiger partial charge is 0.261 e. The Bertz CT molecular complexity index is 1100. The number of aryl methyl sites for hydroxylation is 2. The number of carbonyl (C=O) groups is 2. The summed E-state index contributed by atoms with van der Waals surface area (Å²) < 4.78 is 5.86. The van der Waals surface area contributed by atoms with E-state index in [1.54, 1.807) is 24.1 Å². The Hall–Kier alpha value is -3.31. The van der Waals surface area contributed by atoms with Gasteiger partial charge in [0.25, 0.3) is 5.91 Å². The highest BCUT2D eigenvalue weighted by Gasteiger charge is 2.30. The lowest BCUT2D eigenvalue weighted by molar-refractivity contribution is -0.142. The molecule has 5 nitrogen and oxygen atoms in total. The van der Waals surface area contributed by atoms with E-state index in [0.29, 0.717) is 17.2 Å². The first-order valence-corrected chi connectivity index (χ1v) is 11.2. The first-order chi connectivity index (χ1) is 15.9. The highest BCUT2D eigenvalue weighted by atomic mass is 35.5. The van der Waals surface area contributed by atoms with Crippen molar-refractivity contribution in [1.82, 2.24) is 10.2 Å². The van der Waals surface area contributed by atoms with Crippen molar-refractivity contribution < 1.29 is 14.3 Å². The van der Waals surface area contributed by atoms with Gasteiger partial charge in [-0.2, -0.15) is 0 Å². The van der Waals surface area contributed by atoms with Gasteiger partial charge in [-0.25, -0.2) is 0 Å². The fourth-order valence-electron chi connectivity index (χ4n) is 3.74. The number of rotatable bonds is 9. The maximum Gasteiger partial charge on any atom is 0.261 e. The van der Waals surface area contributed by atoms with Gasteiger partial charge in [0.1, 0.15) is 11.8 Å². The predicted octanol–water partition coefficient (Wildman–Crippen LogP) is 4.72. The van der Waals surface area contributed by atoms with Gasteiger partial charge in [-0.1, -0.05) is 71.8 Å². The average molecular weight is 465 g/mol. The van der Waals surface area contributed by atoms with E-state index in [9.17, 15) is 9.59 Å². The Morgan fingerprint density at radius 3 is 2.36 bits per heavy atom. The van der Waals surface area contributed by atoms with Crippen LogP contribution in [-0.4, -0.2) is 36.4 Å². The summed E-state index contributed by atoms with van der Waals surface area (Å²) in [5.41, 5.74) is 3.88. The normalized spacial score (nSPS) is 11.5. The molecule has 0 saturated carbocycles. The third-order valence-electron chi connectivity index (χ3n) is 5.44. The summed E-state index contributed by atoms with van der Waals surface area (Å²) in [7, 11) is 1.58. The van der Waals surface area contributed by atoms with Gasteiger partial charge in [0, 0.05) is 25.0 Å². The van der Waals surface area contributed by atoms with E-state index in [-0.39, 0.29) is 25.0 Å². The number of halogens is 1. The second kappa shape index (κ2) is 11.5. The molecule has 0 aliphatic carbocycles. The van der Waals surface area contributed by atoms with Crippen molar-refractivity contribution in [3.8, 4) is 5.75 Å². The molecule has 2 amide bonds. The monoisotopic (exact) mass is 464 g/mol. The molecule has 6 heteroatoms. The molecule has 0 aliphatic rings. The number of ether oxygens (including phenoxy) is 1. The van der Waals surface area contributed by atoms with E-state index >= 15 is 0 Å². The van der Waals surface area contributed by atoms with Crippen molar-refractivity contribution in [3.05, 3.63) is 100 Å². The largest absolute Gasteiger partial charge is 0.483 e. The SMILES string of the molecule is CNC(=O)[C@H](Cc1ccccc1)N(Cc1cccc(Cl)c1)C(=O)COc1ccc(C)cc1C. The highest BCUT2D eigenvalue weighted by Crippen LogP contribution is 2.21. The fourth-order valence-corrected chi connectivity index (χ4v) is 3.95. The molecule has 0 unspecified atom stereocenters. The Morgan fingerprint density at radius 1 is 0.970 bits per heavy atom. The van der Waals surface area contributed by atoms with Crippen LogP contribution in [0, 0.1) is 13.8 Å². The number of amides is 2. The number of nitrogens with one attached hydrogen (secondary N) is 1. The number of carbonyl (C=O) groups excluding carboxylic acids is 2. The van der Waals surface area contributed by atoms with Gasteiger partial charge in [0.2, 0.25) is 5.91 Å². The van der Waals surface area contributed by atoms with Crippen LogP contribution < -0.4 is 10.1 Å². The first-order valence-electron chi connectivity index (χ1n) is 10.9. The summed E-state index contributed by atoms with van der Waals surface area (Å²) in [5.74, 6) is 0.136. The number of benzene rings is 3. The molecule has 1 atom stereocenters. The lowest BCUT2D eigenvalue weighted by atomic mass is 10.0. The lowest BCUT2D eigenvalue weighted by Crippen LogP contribution is -2.51. The third-order valence-corrected chi connectivity index (χ3v) is 5.68. The summed E-state index contributed by atoms with van der Waals surface area (Å²) >= 11 is 6.17. The average Bonchev–Trinajstić information content (AvgIpc) is 2.81. The Labute approximate surface area is 200 Å². The minimum atomic E-state index is -0.702. The summed E-state index contributed by atoms with van der Waals surface area (Å²) in [6, 6.07) is 22.1. The number of hydrogen-bond acceptors (Lipinski definition) is 3. The Morgan fingerprint density at radius 2 is 1.70 bits per heavy atom. The maximum atomic E-state index is 13.4. The summed E-state index contributed by atoms with van der Waals surface area (Å²) in [6.45, 7) is 4.01. The summed E-state index contributed by atoms with van der Waals surface area (Å²) in [4.78, 5) is 27.9. The van der Waals surface area contributed by atoms with Crippen LogP contribution in [0.15, 0.2) is 72.8 Å². The molecule has 0 spiro atoms. The zero-order valence-corrected chi connectivity index (χ0v) is 19.9. The van der Waals surface area contributed by atoms with Crippen LogP contribution in [0.4, 0.5) is 0 Å².